The predicted molar refractivity (Wildman–Crippen MR) is 123 cm³/mol. The molecular formula is C24H30BrFN2O3. The van der Waals surface area contributed by atoms with E-state index in [2.05, 4.69) is 28.2 Å². The second-order valence-electron chi connectivity index (χ2n) is 7.27. The average Bonchev–Trinajstić information content (AvgIpc) is 2.77. The molecule has 0 aromatic heterocycles. The highest BCUT2D eigenvalue weighted by Gasteiger charge is 2.28. The molecule has 0 bridgehead atoms. The van der Waals surface area contributed by atoms with Crippen molar-refractivity contribution >= 4 is 27.7 Å². The highest BCUT2D eigenvalue weighted by atomic mass is 79.9. The normalized spacial score (nSPS) is 11.6. The second kappa shape index (κ2) is 12.4. The molecule has 168 valence electrons. The zero-order valence-electron chi connectivity index (χ0n) is 18.3. The van der Waals surface area contributed by atoms with Gasteiger partial charge in [-0.1, -0.05) is 39.0 Å². The number of aryl methyl sites for hydroxylation is 1. The van der Waals surface area contributed by atoms with E-state index in [9.17, 15) is 14.0 Å². The number of nitrogens with one attached hydrogen (secondary N) is 1. The number of carbonyl (C=O) groups is 2. The highest BCUT2D eigenvalue weighted by molar-refractivity contribution is 9.10. The number of benzene rings is 2. The Bertz CT molecular complexity index is 874. The van der Waals surface area contributed by atoms with Gasteiger partial charge in [0, 0.05) is 13.1 Å². The lowest BCUT2D eigenvalue weighted by atomic mass is 10.1. The molecule has 0 saturated carbocycles. The summed E-state index contributed by atoms with van der Waals surface area (Å²) in [5, 5.41) is 2.87. The number of halogens is 2. The van der Waals surface area contributed by atoms with Crippen LogP contribution in [0.5, 0.6) is 5.75 Å². The van der Waals surface area contributed by atoms with E-state index in [1.807, 2.05) is 32.0 Å². The molecule has 0 fully saturated rings. The van der Waals surface area contributed by atoms with Crippen molar-refractivity contribution in [2.24, 2.45) is 0 Å². The first kappa shape index (κ1) is 24.9. The molecule has 0 radical (unpaired) electrons. The fourth-order valence-electron chi connectivity index (χ4n) is 3.18. The molecule has 2 aromatic rings. The van der Waals surface area contributed by atoms with Crippen LogP contribution in [0.15, 0.2) is 46.9 Å². The molecule has 0 aliphatic heterocycles. The summed E-state index contributed by atoms with van der Waals surface area (Å²) < 4.78 is 19.8. The minimum absolute atomic E-state index is 0.191. The average molecular weight is 493 g/mol. The molecule has 1 N–H and O–H groups in total. The summed E-state index contributed by atoms with van der Waals surface area (Å²) in [5.74, 6) is -0.295. The molecule has 0 saturated heterocycles. The largest absolute Gasteiger partial charge is 0.483 e. The van der Waals surface area contributed by atoms with E-state index in [1.54, 1.807) is 12.1 Å². The van der Waals surface area contributed by atoms with Crippen molar-refractivity contribution in [2.75, 3.05) is 13.2 Å². The Kier molecular flexibility index (Phi) is 9.98. The van der Waals surface area contributed by atoms with Crippen LogP contribution in [0, 0.1) is 5.82 Å². The number of rotatable bonds is 11. The molecule has 1 atom stereocenters. The van der Waals surface area contributed by atoms with Crippen molar-refractivity contribution < 1.29 is 18.7 Å². The van der Waals surface area contributed by atoms with Crippen molar-refractivity contribution in [3.05, 3.63) is 63.9 Å². The van der Waals surface area contributed by atoms with Gasteiger partial charge in [0.2, 0.25) is 5.91 Å². The Morgan fingerprint density at radius 2 is 1.77 bits per heavy atom. The second-order valence-corrected chi connectivity index (χ2v) is 8.12. The maximum Gasteiger partial charge on any atom is 0.261 e. The Labute approximate surface area is 192 Å². The minimum atomic E-state index is -0.640. The summed E-state index contributed by atoms with van der Waals surface area (Å²) in [6.45, 7) is 6.42. The number of carbonyl (C=O) groups excluding carboxylic acids is 2. The Hall–Kier alpha value is -2.41. The van der Waals surface area contributed by atoms with E-state index in [0.29, 0.717) is 18.7 Å². The van der Waals surface area contributed by atoms with Gasteiger partial charge in [0.15, 0.2) is 6.61 Å². The standard InChI is InChI=1S/C24H30BrFN2O3/c1-4-13-27-24(30)21(6-3)28(15-18-7-10-19(26)11-8-18)23(29)16-31-22-12-9-17(5-2)14-20(22)25/h7-12,14,21H,4-6,13,15-16H2,1-3H3,(H,27,30)/t21-/m1/s1. The van der Waals surface area contributed by atoms with E-state index < -0.39 is 6.04 Å². The van der Waals surface area contributed by atoms with Crippen molar-refractivity contribution in [1.29, 1.82) is 0 Å². The summed E-state index contributed by atoms with van der Waals surface area (Å²) in [5.41, 5.74) is 1.90. The zero-order chi connectivity index (χ0) is 22.8. The van der Waals surface area contributed by atoms with Crippen LogP contribution >= 0.6 is 15.9 Å². The summed E-state index contributed by atoms with van der Waals surface area (Å²) in [7, 11) is 0. The van der Waals surface area contributed by atoms with Crippen molar-refractivity contribution in [2.45, 2.75) is 52.6 Å². The number of ether oxygens (including phenoxy) is 1. The summed E-state index contributed by atoms with van der Waals surface area (Å²) >= 11 is 3.48. The van der Waals surface area contributed by atoms with Crippen LogP contribution in [0.1, 0.15) is 44.7 Å². The quantitative estimate of drug-likeness (QED) is 0.487. The highest BCUT2D eigenvalue weighted by Crippen LogP contribution is 2.26. The van der Waals surface area contributed by atoms with Gasteiger partial charge in [0.25, 0.3) is 5.91 Å². The topological polar surface area (TPSA) is 58.6 Å². The van der Waals surface area contributed by atoms with Crippen molar-refractivity contribution in [3.8, 4) is 5.75 Å². The molecular weight excluding hydrogens is 463 g/mol. The Balaban J connectivity index is 2.19. The molecule has 5 nitrogen and oxygen atoms in total. The molecule has 0 spiro atoms. The van der Waals surface area contributed by atoms with Gasteiger partial charge >= 0.3 is 0 Å². The molecule has 0 unspecified atom stereocenters. The van der Waals surface area contributed by atoms with Crippen LogP contribution in [-0.4, -0.2) is 35.9 Å². The molecule has 0 aliphatic rings. The molecule has 2 rings (SSSR count). The summed E-state index contributed by atoms with van der Waals surface area (Å²) in [6.07, 6.45) is 2.16. The predicted octanol–water partition coefficient (Wildman–Crippen LogP) is 4.86. The zero-order valence-corrected chi connectivity index (χ0v) is 19.9. The first-order valence-corrected chi connectivity index (χ1v) is 11.4. The number of amides is 2. The smallest absolute Gasteiger partial charge is 0.261 e. The molecule has 0 aliphatic carbocycles. The van der Waals surface area contributed by atoms with Crippen molar-refractivity contribution in [1.82, 2.24) is 10.2 Å². The maximum atomic E-state index is 13.3. The summed E-state index contributed by atoms with van der Waals surface area (Å²) in [6, 6.07) is 11.0. The number of hydrogen-bond acceptors (Lipinski definition) is 3. The monoisotopic (exact) mass is 492 g/mol. The third-order valence-corrected chi connectivity index (χ3v) is 5.58. The lowest BCUT2D eigenvalue weighted by Gasteiger charge is -2.30. The third kappa shape index (κ3) is 7.35. The van der Waals surface area contributed by atoms with Crippen LogP contribution in [0.4, 0.5) is 4.39 Å². The van der Waals surface area contributed by atoms with Gasteiger partial charge in [-0.15, -0.1) is 0 Å². The molecule has 7 heteroatoms. The lowest BCUT2D eigenvalue weighted by Crippen LogP contribution is -2.50. The van der Waals surface area contributed by atoms with Gasteiger partial charge < -0.3 is 15.0 Å². The summed E-state index contributed by atoms with van der Waals surface area (Å²) in [4.78, 5) is 27.3. The van der Waals surface area contributed by atoms with Gasteiger partial charge in [0.1, 0.15) is 17.6 Å². The van der Waals surface area contributed by atoms with Gasteiger partial charge in [-0.3, -0.25) is 9.59 Å². The van der Waals surface area contributed by atoms with Crippen molar-refractivity contribution in [3.63, 3.8) is 0 Å². The van der Waals surface area contributed by atoms with E-state index >= 15 is 0 Å². The fraction of sp³-hybridized carbons (Fsp3) is 0.417. The first-order valence-electron chi connectivity index (χ1n) is 10.6. The molecule has 2 aromatic carbocycles. The van der Waals surface area contributed by atoms with Crippen LogP contribution in [0.3, 0.4) is 0 Å². The van der Waals surface area contributed by atoms with E-state index in [4.69, 9.17) is 4.74 Å². The SMILES string of the molecule is CCCNC(=O)[C@@H](CC)N(Cc1ccc(F)cc1)C(=O)COc1ccc(CC)cc1Br. The van der Waals surface area contributed by atoms with E-state index in [1.165, 1.54) is 17.0 Å². The van der Waals surface area contributed by atoms with Gasteiger partial charge in [-0.2, -0.15) is 0 Å². The van der Waals surface area contributed by atoms with Crippen LogP contribution < -0.4 is 10.1 Å². The van der Waals surface area contributed by atoms with Gasteiger partial charge in [-0.05, 0) is 70.6 Å². The molecule has 2 amide bonds. The Morgan fingerprint density at radius 1 is 1.10 bits per heavy atom. The molecule has 31 heavy (non-hydrogen) atoms. The number of hydrogen-bond donors (Lipinski definition) is 1. The molecule has 0 heterocycles. The Morgan fingerprint density at radius 3 is 2.35 bits per heavy atom. The van der Waals surface area contributed by atoms with Gasteiger partial charge in [-0.25, -0.2) is 4.39 Å². The first-order chi connectivity index (χ1) is 14.9. The van der Waals surface area contributed by atoms with Crippen LogP contribution in [0.2, 0.25) is 0 Å². The van der Waals surface area contributed by atoms with E-state index in [0.717, 1.165) is 28.4 Å². The lowest BCUT2D eigenvalue weighted by molar-refractivity contribution is -0.143. The van der Waals surface area contributed by atoms with E-state index in [-0.39, 0.29) is 30.8 Å². The maximum absolute atomic E-state index is 13.3. The minimum Gasteiger partial charge on any atom is -0.483 e. The number of nitrogens with zero attached hydrogens (tertiary/aromatic N) is 1. The van der Waals surface area contributed by atoms with Crippen LogP contribution in [-0.2, 0) is 22.6 Å². The van der Waals surface area contributed by atoms with Gasteiger partial charge in [0.05, 0.1) is 4.47 Å². The fourth-order valence-corrected chi connectivity index (χ4v) is 3.72. The van der Waals surface area contributed by atoms with Crippen LogP contribution in [0.25, 0.3) is 0 Å². The third-order valence-electron chi connectivity index (χ3n) is 4.96.